The minimum atomic E-state index is -0.736. The van der Waals surface area contributed by atoms with Gasteiger partial charge in [0.15, 0.2) is 6.10 Å². The second-order valence-corrected chi connectivity index (χ2v) is 6.41. The Hall–Kier alpha value is -2.63. The lowest BCUT2D eigenvalue weighted by atomic mass is 9.96. The molecule has 1 aliphatic heterocycles. The predicted octanol–water partition coefficient (Wildman–Crippen LogP) is 3.13. The number of carbonyl (C=O) groups is 2. The molecule has 6 heteroatoms. The summed E-state index contributed by atoms with van der Waals surface area (Å²) >= 11 is 0. The van der Waals surface area contributed by atoms with E-state index in [1.165, 1.54) is 20.6 Å². The van der Waals surface area contributed by atoms with Crippen molar-refractivity contribution in [1.82, 2.24) is 0 Å². The maximum Gasteiger partial charge on any atom is 0.344 e. The van der Waals surface area contributed by atoms with E-state index in [-0.39, 0.29) is 23.1 Å². The van der Waals surface area contributed by atoms with Gasteiger partial charge in [-0.25, -0.2) is 14.6 Å². The van der Waals surface area contributed by atoms with Crippen LogP contribution in [0.4, 0.5) is 0 Å². The average molecular weight is 357 g/mol. The highest BCUT2D eigenvalue weighted by Crippen LogP contribution is 2.38. The molecule has 138 valence electrons. The molecule has 0 saturated heterocycles. The summed E-state index contributed by atoms with van der Waals surface area (Å²) in [6.07, 6.45) is 4.56. The van der Waals surface area contributed by atoms with E-state index in [0.717, 1.165) is 31.2 Å². The van der Waals surface area contributed by atoms with Crippen LogP contribution in [0.15, 0.2) is 46.5 Å². The summed E-state index contributed by atoms with van der Waals surface area (Å²) in [5.74, 6) is -1.08. The highest BCUT2D eigenvalue weighted by molar-refractivity contribution is 6.23. The van der Waals surface area contributed by atoms with Crippen molar-refractivity contribution in [2.45, 2.75) is 44.2 Å². The Morgan fingerprint density at radius 3 is 2.27 bits per heavy atom. The SMILES string of the molecule is COC(=O)C1=C(C(=O)OC)C(c2ccccc2)OC1=NC1CCCCC1. The molecule has 0 spiro atoms. The number of hydrogen-bond acceptors (Lipinski definition) is 6. The highest BCUT2D eigenvalue weighted by Gasteiger charge is 2.42. The molecule has 0 aromatic heterocycles. The van der Waals surface area contributed by atoms with Gasteiger partial charge in [-0.15, -0.1) is 0 Å². The van der Waals surface area contributed by atoms with Gasteiger partial charge in [0.1, 0.15) is 11.1 Å². The number of esters is 2. The van der Waals surface area contributed by atoms with Crippen molar-refractivity contribution in [2.24, 2.45) is 4.99 Å². The highest BCUT2D eigenvalue weighted by atomic mass is 16.5. The third-order valence-corrected chi connectivity index (χ3v) is 4.75. The van der Waals surface area contributed by atoms with Gasteiger partial charge in [0.05, 0.1) is 20.3 Å². The number of nitrogens with zero attached hydrogens (tertiary/aromatic N) is 1. The Bertz CT molecular complexity index is 732. The van der Waals surface area contributed by atoms with Crippen molar-refractivity contribution in [1.29, 1.82) is 0 Å². The summed E-state index contributed by atoms with van der Waals surface area (Å²) in [7, 11) is 2.56. The number of benzene rings is 1. The van der Waals surface area contributed by atoms with Crippen molar-refractivity contribution in [3.8, 4) is 0 Å². The fourth-order valence-electron chi connectivity index (χ4n) is 3.43. The van der Waals surface area contributed by atoms with Crippen LogP contribution in [-0.4, -0.2) is 38.1 Å². The van der Waals surface area contributed by atoms with Gasteiger partial charge in [-0.3, -0.25) is 0 Å². The van der Waals surface area contributed by atoms with E-state index in [0.29, 0.717) is 0 Å². The van der Waals surface area contributed by atoms with E-state index in [1.807, 2.05) is 30.3 Å². The standard InChI is InChI=1S/C20H23NO5/c1-24-19(22)15-16(20(23)25-2)18(21-14-11-7-4-8-12-14)26-17(15)13-9-5-3-6-10-13/h3,5-6,9-10,14,17H,4,7-8,11-12H2,1-2H3. The van der Waals surface area contributed by atoms with Crippen LogP contribution in [0.5, 0.6) is 0 Å². The number of methoxy groups -OCH3 is 2. The van der Waals surface area contributed by atoms with Crippen LogP contribution in [0.3, 0.4) is 0 Å². The molecule has 1 fully saturated rings. The number of hydrogen-bond donors (Lipinski definition) is 0. The third-order valence-electron chi connectivity index (χ3n) is 4.75. The van der Waals surface area contributed by atoms with Crippen LogP contribution in [0.2, 0.25) is 0 Å². The summed E-state index contributed by atoms with van der Waals surface area (Å²) in [4.78, 5) is 29.5. The molecular formula is C20H23NO5. The van der Waals surface area contributed by atoms with Gasteiger partial charge in [-0.1, -0.05) is 49.6 Å². The van der Waals surface area contributed by atoms with Gasteiger partial charge in [0, 0.05) is 0 Å². The second kappa shape index (κ2) is 8.17. The van der Waals surface area contributed by atoms with Gasteiger partial charge in [-0.05, 0) is 18.4 Å². The van der Waals surface area contributed by atoms with Crippen LogP contribution in [0.1, 0.15) is 43.8 Å². The van der Waals surface area contributed by atoms with E-state index in [4.69, 9.17) is 14.2 Å². The maximum absolute atomic E-state index is 12.4. The zero-order valence-corrected chi connectivity index (χ0v) is 15.1. The van der Waals surface area contributed by atoms with Crippen LogP contribution >= 0.6 is 0 Å². The zero-order valence-electron chi connectivity index (χ0n) is 15.1. The number of carbonyl (C=O) groups excluding carboxylic acids is 2. The summed E-state index contributed by atoms with van der Waals surface area (Å²) in [5.41, 5.74) is 0.960. The Balaban J connectivity index is 2.07. The summed E-state index contributed by atoms with van der Waals surface area (Å²) in [6, 6.07) is 9.34. The first-order valence-corrected chi connectivity index (χ1v) is 8.86. The molecule has 6 nitrogen and oxygen atoms in total. The number of aliphatic imine (C=N–C) groups is 1. The predicted molar refractivity (Wildman–Crippen MR) is 95.6 cm³/mol. The lowest BCUT2D eigenvalue weighted by Crippen LogP contribution is -2.19. The monoisotopic (exact) mass is 357 g/mol. The molecule has 1 aliphatic carbocycles. The van der Waals surface area contributed by atoms with Gasteiger partial charge in [-0.2, -0.15) is 0 Å². The maximum atomic E-state index is 12.4. The molecule has 2 aliphatic rings. The molecule has 1 atom stereocenters. The largest absolute Gasteiger partial charge is 0.466 e. The molecule has 0 radical (unpaired) electrons. The fraction of sp³-hybridized carbons (Fsp3) is 0.450. The molecular weight excluding hydrogens is 334 g/mol. The van der Waals surface area contributed by atoms with Crippen LogP contribution in [0.25, 0.3) is 0 Å². The van der Waals surface area contributed by atoms with E-state index >= 15 is 0 Å². The summed E-state index contributed by atoms with van der Waals surface area (Å²) in [6.45, 7) is 0. The average Bonchev–Trinajstić information content (AvgIpc) is 3.07. The van der Waals surface area contributed by atoms with E-state index in [1.54, 1.807) is 0 Å². The second-order valence-electron chi connectivity index (χ2n) is 6.41. The van der Waals surface area contributed by atoms with Crippen molar-refractivity contribution in [3.05, 3.63) is 47.0 Å². The lowest BCUT2D eigenvalue weighted by Gasteiger charge is -2.19. The molecule has 1 aromatic carbocycles. The number of ether oxygens (including phenoxy) is 3. The van der Waals surface area contributed by atoms with Crippen molar-refractivity contribution < 1.29 is 23.8 Å². The molecule has 3 rings (SSSR count). The fourth-order valence-corrected chi connectivity index (χ4v) is 3.43. The van der Waals surface area contributed by atoms with Gasteiger partial charge in [0.2, 0.25) is 5.90 Å². The van der Waals surface area contributed by atoms with Gasteiger partial charge < -0.3 is 14.2 Å². The van der Waals surface area contributed by atoms with E-state index in [9.17, 15) is 9.59 Å². The first-order chi connectivity index (χ1) is 12.7. The first kappa shape index (κ1) is 18.2. The zero-order chi connectivity index (χ0) is 18.5. The summed E-state index contributed by atoms with van der Waals surface area (Å²) in [5, 5.41) is 0. The van der Waals surface area contributed by atoms with Crippen LogP contribution in [-0.2, 0) is 23.8 Å². The smallest absolute Gasteiger partial charge is 0.344 e. The minimum Gasteiger partial charge on any atom is -0.466 e. The summed E-state index contributed by atoms with van der Waals surface area (Å²) < 4.78 is 15.8. The van der Waals surface area contributed by atoms with E-state index in [2.05, 4.69) is 4.99 Å². The topological polar surface area (TPSA) is 74.2 Å². The molecule has 1 aromatic rings. The Kier molecular flexibility index (Phi) is 5.71. The molecule has 1 unspecified atom stereocenters. The first-order valence-electron chi connectivity index (χ1n) is 8.86. The Morgan fingerprint density at radius 1 is 1.00 bits per heavy atom. The van der Waals surface area contributed by atoms with Crippen LogP contribution < -0.4 is 0 Å². The lowest BCUT2D eigenvalue weighted by molar-refractivity contribution is -0.139. The molecule has 1 heterocycles. The molecule has 0 bridgehead atoms. The van der Waals surface area contributed by atoms with Crippen molar-refractivity contribution in [3.63, 3.8) is 0 Å². The quantitative estimate of drug-likeness (QED) is 0.774. The molecule has 0 amide bonds. The third kappa shape index (κ3) is 3.64. The van der Waals surface area contributed by atoms with Gasteiger partial charge >= 0.3 is 11.9 Å². The normalized spacial score (nSPS) is 22.2. The Labute approximate surface area is 152 Å². The van der Waals surface area contributed by atoms with Crippen molar-refractivity contribution >= 4 is 17.8 Å². The molecule has 1 saturated carbocycles. The number of rotatable bonds is 4. The minimum absolute atomic E-state index is 0.0683. The Morgan fingerprint density at radius 2 is 1.65 bits per heavy atom. The van der Waals surface area contributed by atoms with Crippen molar-refractivity contribution in [2.75, 3.05) is 14.2 Å². The molecule has 26 heavy (non-hydrogen) atoms. The van der Waals surface area contributed by atoms with Gasteiger partial charge in [0.25, 0.3) is 0 Å². The molecule has 0 N–H and O–H groups in total. The van der Waals surface area contributed by atoms with Crippen LogP contribution in [0, 0.1) is 0 Å². The van der Waals surface area contributed by atoms with E-state index < -0.39 is 18.0 Å².